The van der Waals surface area contributed by atoms with Crippen LogP contribution in [0.1, 0.15) is 20.7 Å². The number of carboxylic acid groups (broad SMARTS) is 1. The largest absolute Gasteiger partial charge is 0.497 e. The summed E-state index contributed by atoms with van der Waals surface area (Å²) >= 11 is 0. The molecule has 0 heterocycles. The Bertz CT molecular complexity index is 751. The van der Waals surface area contributed by atoms with E-state index in [-0.39, 0.29) is 11.1 Å². The van der Waals surface area contributed by atoms with Crippen molar-refractivity contribution in [1.29, 1.82) is 0 Å². The number of carbonyl (C=O) groups excluding carboxylic acids is 1. The number of rotatable bonds is 5. The summed E-state index contributed by atoms with van der Waals surface area (Å²) in [6, 6.07) is 9.27. The van der Waals surface area contributed by atoms with E-state index in [9.17, 15) is 14.7 Å². The second-order valence-corrected chi connectivity index (χ2v) is 4.62. The van der Waals surface area contributed by atoms with E-state index < -0.39 is 11.9 Å². The van der Waals surface area contributed by atoms with Crippen molar-refractivity contribution < 1.29 is 28.9 Å². The maximum Gasteiger partial charge on any atom is 0.338 e. The zero-order valence-corrected chi connectivity index (χ0v) is 13.0. The molecule has 0 aliphatic carbocycles. The Morgan fingerprint density at radius 1 is 0.826 bits per heavy atom. The van der Waals surface area contributed by atoms with E-state index in [1.807, 2.05) is 0 Å². The zero-order valence-electron chi connectivity index (χ0n) is 13.0. The highest BCUT2D eigenvalue weighted by molar-refractivity contribution is 6.03. The minimum absolute atomic E-state index is 0.0456. The lowest BCUT2D eigenvalue weighted by Crippen LogP contribution is -2.07. The number of esters is 1. The van der Waals surface area contributed by atoms with Crippen LogP contribution in [-0.4, -0.2) is 38.4 Å². The number of ether oxygens (including phenoxy) is 3. The van der Waals surface area contributed by atoms with Crippen LogP contribution in [0.4, 0.5) is 0 Å². The molecule has 0 fully saturated rings. The second-order valence-electron chi connectivity index (χ2n) is 4.62. The van der Waals surface area contributed by atoms with Crippen LogP contribution in [0.2, 0.25) is 0 Å². The molecule has 0 aromatic heterocycles. The second kappa shape index (κ2) is 6.83. The van der Waals surface area contributed by atoms with E-state index in [0.29, 0.717) is 22.6 Å². The molecule has 0 spiro atoms. The predicted molar refractivity (Wildman–Crippen MR) is 83.3 cm³/mol. The first-order valence-electron chi connectivity index (χ1n) is 6.70. The molecule has 0 bridgehead atoms. The van der Waals surface area contributed by atoms with Crippen molar-refractivity contribution in [2.45, 2.75) is 0 Å². The minimum atomic E-state index is -1.11. The summed E-state index contributed by atoms with van der Waals surface area (Å²) in [5.41, 5.74) is 1.02. The maximum absolute atomic E-state index is 12.0. The fourth-order valence-corrected chi connectivity index (χ4v) is 2.22. The Balaban J connectivity index is 2.77. The molecule has 0 atom stereocenters. The van der Waals surface area contributed by atoms with Gasteiger partial charge >= 0.3 is 11.9 Å². The van der Waals surface area contributed by atoms with Crippen molar-refractivity contribution >= 4 is 11.9 Å². The van der Waals surface area contributed by atoms with Crippen LogP contribution in [0, 0.1) is 0 Å². The predicted octanol–water partition coefficient (Wildman–Crippen LogP) is 2.86. The molecule has 2 aromatic rings. The molecule has 6 nitrogen and oxygen atoms in total. The van der Waals surface area contributed by atoms with Gasteiger partial charge in [-0.05, 0) is 36.4 Å². The van der Waals surface area contributed by atoms with Gasteiger partial charge in [0, 0.05) is 11.1 Å². The number of aromatic carboxylic acids is 1. The van der Waals surface area contributed by atoms with Gasteiger partial charge in [0.15, 0.2) is 0 Å². The molecule has 0 aliphatic heterocycles. The Hall–Kier alpha value is -3.02. The first-order chi connectivity index (χ1) is 11.0. The third-order valence-corrected chi connectivity index (χ3v) is 3.38. The van der Waals surface area contributed by atoms with Crippen molar-refractivity contribution in [3.8, 4) is 22.6 Å². The van der Waals surface area contributed by atoms with Crippen molar-refractivity contribution in [3.05, 3.63) is 47.5 Å². The van der Waals surface area contributed by atoms with Gasteiger partial charge in [-0.3, -0.25) is 0 Å². The van der Waals surface area contributed by atoms with Gasteiger partial charge < -0.3 is 19.3 Å². The molecule has 0 amide bonds. The number of hydrogen-bond donors (Lipinski definition) is 1. The van der Waals surface area contributed by atoms with Crippen LogP contribution >= 0.6 is 0 Å². The normalized spacial score (nSPS) is 10.0. The molecular weight excluding hydrogens is 300 g/mol. The Morgan fingerprint density at radius 2 is 1.30 bits per heavy atom. The Labute approximate surface area is 133 Å². The molecule has 0 aliphatic rings. The van der Waals surface area contributed by atoms with E-state index in [0.717, 1.165) is 0 Å². The van der Waals surface area contributed by atoms with Crippen molar-refractivity contribution in [2.75, 3.05) is 21.3 Å². The van der Waals surface area contributed by atoms with Crippen molar-refractivity contribution in [2.24, 2.45) is 0 Å². The number of carboxylic acids is 1. The number of carbonyl (C=O) groups is 2. The highest BCUT2D eigenvalue weighted by atomic mass is 16.5. The average Bonchev–Trinajstić information content (AvgIpc) is 2.59. The average molecular weight is 316 g/mol. The lowest BCUT2D eigenvalue weighted by molar-refractivity contribution is 0.0600. The number of methoxy groups -OCH3 is 3. The summed E-state index contributed by atoms with van der Waals surface area (Å²) in [6.45, 7) is 0. The molecule has 120 valence electrons. The number of hydrogen-bond acceptors (Lipinski definition) is 5. The van der Waals surface area contributed by atoms with Gasteiger partial charge in [-0.15, -0.1) is 0 Å². The molecular formula is C17H16O6. The highest BCUT2D eigenvalue weighted by Crippen LogP contribution is 2.33. The summed E-state index contributed by atoms with van der Waals surface area (Å²) in [6.07, 6.45) is 0. The van der Waals surface area contributed by atoms with E-state index >= 15 is 0 Å². The van der Waals surface area contributed by atoms with Crippen LogP contribution in [0.15, 0.2) is 36.4 Å². The van der Waals surface area contributed by atoms with Gasteiger partial charge in [-0.25, -0.2) is 9.59 Å². The third-order valence-electron chi connectivity index (χ3n) is 3.38. The van der Waals surface area contributed by atoms with Gasteiger partial charge in [0.25, 0.3) is 0 Å². The van der Waals surface area contributed by atoms with Crippen LogP contribution in [-0.2, 0) is 4.74 Å². The van der Waals surface area contributed by atoms with Crippen LogP contribution in [0.3, 0.4) is 0 Å². The summed E-state index contributed by atoms with van der Waals surface area (Å²) in [5.74, 6) is -0.710. The fraction of sp³-hybridized carbons (Fsp3) is 0.176. The van der Waals surface area contributed by atoms with Gasteiger partial charge in [0.1, 0.15) is 11.5 Å². The SMILES string of the molecule is COC(=O)c1ccc(OC)cc1-c1cc(OC)ccc1C(=O)O. The van der Waals surface area contributed by atoms with Crippen LogP contribution in [0.5, 0.6) is 11.5 Å². The van der Waals surface area contributed by atoms with Gasteiger partial charge in [0.05, 0.1) is 32.5 Å². The summed E-state index contributed by atoms with van der Waals surface area (Å²) in [4.78, 5) is 23.5. The maximum atomic E-state index is 12.0. The molecule has 2 aromatic carbocycles. The molecule has 0 radical (unpaired) electrons. The summed E-state index contributed by atoms with van der Waals surface area (Å²) in [7, 11) is 4.23. The molecule has 2 rings (SSSR count). The van der Waals surface area contributed by atoms with Gasteiger partial charge in [-0.1, -0.05) is 0 Å². The standard InChI is InChI=1S/C17H16O6/c1-21-10-4-6-12(16(18)19)14(8-10)15-9-11(22-2)5-7-13(15)17(20)23-3/h4-9H,1-3H3,(H,18,19). The highest BCUT2D eigenvalue weighted by Gasteiger charge is 2.20. The molecule has 0 saturated heterocycles. The quantitative estimate of drug-likeness (QED) is 0.854. The first-order valence-corrected chi connectivity index (χ1v) is 6.70. The summed E-state index contributed by atoms with van der Waals surface area (Å²) < 4.78 is 15.1. The zero-order chi connectivity index (χ0) is 17.0. The topological polar surface area (TPSA) is 82.1 Å². The van der Waals surface area contributed by atoms with E-state index in [2.05, 4.69) is 0 Å². The minimum Gasteiger partial charge on any atom is -0.497 e. The molecule has 6 heteroatoms. The summed E-state index contributed by atoms with van der Waals surface area (Å²) in [5, 5.41) is 9.42. The van der Waals surface area contributed by atoms with Crippen molar-refractivity contribution in [1.82, 2.24) is 0 Å². The Morgan fingerprint density at radius 3 is 1.74 bits per heavy atom. The smallest absolute Gasteiger partial charge is 0.338 e. The van der Waals surface area contributed by atoms with Crippen molar-refractivity contribution in [3.63, 3.8) is 0 Å². The van der Waals surface area contributed by atoms with E-state index in [1.54, 1.807) is 24.3 Å². The fourth-order valence-electron chi connectivity index (χ4n) is 2.22. The molecule has 0 saturated carbocycles. The first kappa shape index (κ1) is 16.4. The Kier molecular flexibility index (Phi) is 4.85. The lowest BCUT2D eigenvalue weighted by atomic mass is 9.94. The molecule has 0 unspecified atom stereocenters. The van der Waals surface area contributed by atoms with Crippen LogP contribution < -0.4 is 9.47 Å². The molecule has 1 N–H and O–H groups in total. The number of benzene rings is 2. The van der Waals surface area contributed by atoms with Gasteiger partial charge in [0.2, 0.25) is 0 Å². The van der Waals surface area contributed by atoms with Gasteiger partial charge in [-0.2, -0.15) is 0 Å². The van der Waals surface area contributed by atoms with E-state index in [1.165, 1.54) is 33.5 Å². The molecule has 23 heavy (non-hydrogen) atoms. The monoisotopic (exact) mass is 316 g/mol. The van der Waals surface area contributed by atoms with Crippen LogP contribution in [0.25, 0.3) is 11.1 Å². The lowest BCUT2D eigenvalue weighted by Gasteiger charge is -2.13. The van der Waals surface area contributed by atoms with E-state index in [4.69, 9.17) is 14.2 Å². The third kappa shape index (κ3) is 3.26.